The molecule has 1 fully saturated rings. The summed E-state index contributed by atoms with van der Waals surface area (Å²) in [6.45, 7) is 5.40. The van der Waals surface area contributed by atoms with Crippen LogP contribution in [-0.2, 0) is 24.3 Å². The fourth-order valence-corrected chi connectivity index (χ4v) is 4.96. The van der Waals surface area contributed by atoms with Crippen LogP contribution in [0.5, 0.6) is 0 Å². The van der Waals surface area contributed by atoms with Crippen LogP contribution in [0.2, 0.25) is 0 Å². The number of nitrogens with zero attached hydrogens (tertiary/aromatic N) is 1. The highest BCUT2D eigenvalue weighted by atomic mass is 32.2. The summed E-state index contributed by atoms with van der Waals surface area (Å²) < 4.78 is 37.7. The van der Waals surface area contributed by atoms with Crippen LogP contribution in [0.4, 0.5) is 4.79 Å². The standard InChI is InChI=1S/C16H24N2O6S2/c1-16(2,3)24-15(20)18-8-7-11(10-12(18)14(19)23-4)17-26(21,22)13-6-5-9-25-13/h5-6,9,11-12,17H,7-8,10H2,1-4H3/t11-,12+/m1/s1. The molecule has 1 aliphatic rings. The van der Waals surface area contributed by atoms with E-state index in [0.717, 1.165) is 11.3 Å². The van der Waals surface area contributed by atoms with Gasteiger partial charge in [0.2, 0.25) is 10.0 Å². The SMILES string of the molecule is COC(=O)[C@@H]1C[C@H](NS(=O)(=O)c2cccs2)CCN1C(=O)OC(C)(C)C. The second-order valence-electron chi connectivity index (χ2n) is 6.99. The number of thiophene rings is 1. The molecule has 0 aliphatic carbocycles. The minimum atomic E-state index is -3.66. The van der Waals surface area contributed by atoms with Crippen LogP contribution in [0, 0.1) is 0 Å². The molecule has 26 heavy (non-hydrogen) atoms. The van der Waals surface area contributed by atoms with E-state index in [9.17, 15) is 18.0 Å². The number of hydrogen-bond donors (Lipinski definition) is 1. The average molecular weight is 405 g/mol. The fraction of sp³-hybridized carbons (Fsp3) is 0.625. The van der Waals surface area contributed by atoms with Crippen LogP contribution >= 0.6 is 11.3 Å². The van der Waals surface area contributed by atoms with Gasteiger partial charge in [-0.2, -0.15) is 0 Å². The van der Waals surface area contributed by atoms with Crippen LogP contribution < -0.4 is 4.72 Å². The van der Waals surface area contributed by atoms with Gasteiger partial charge in [-0.25, -0.2) is 22.7 Å². The van der Waals surface area contributed by atoms with E-state index in [2.05, 4.69) is 4.72 Å². The lowest BCUT2D eigenvalue weighted by Crippen LogP contribution is -2.55. The van der Waals surface area contributed by atoms with Crippen molar-refractivity contribution in [3.63, 3.8) is 0 Å². The van der Waals surface area contributed by atoms with Crippen LogP contribution in [0.25, 0.3) is 0 Å². The zero-order chi connectivity index (χ0) is 19.5. The molecule has 0 unspecified atom stereocenters. The number of rotatable bonds is 4. The summed E-state index contributed by atoms with van der Waals surface area (Å²) in [5.74, 6) is -0.601. The predicted molar refractivity (Wildman–Crippen MR) is 96.4 cm³/mol. The number of carbonyl (C=O) groups excluding carboxylic acids is 2. The number of carbonyl (C=O) groups is 2. The Balaban J connectivity index is 2.12. The Labute approximate surface area is 157 Å². The average Bonchev–Trinajstić information content (AvgIpc) is 3.07. The number of methoxy groups -OCH3 is 1. The van der Waals surface area contributed by atoms with Gasteiger partial charge in [0.05, 0.1) is 7.11 Å². The summed E-state index contributed by atoms with van der Waals surface area (Å²) in [5.41, 5.74) is -0.699. The molecule has 1 amide bonds. The number of likely N-dealkylation sites (tertiary alicyclic amines) is 1. The highest BCUT2D eigenvalue weighted by molar-refractivity contribution is 7.91. The van der Waals surface area contributed by atoms with Gasteiger partial charge < -0.3 is 9.47 Å². The number of nitrogens with one attached hydrogen (secondary N) is 1. The first-order valence-corrected chi connectivity index (χ1v) is 10.5. The molecule has 2 heterocycles. The Kier molecular flexibility index (Phi) is 6.30. The van der Waals surface area contributed by atoms with Crippen molar-refractivity contribution in [3.8, 4) is 0 Å². The summed E-state index contributed by atoms with van der Waals surface area (Å²) >= 11 is 1.12. The third-order valence-electron chi connectivity index (χ3n) is 3.79. The highest BCUT2D eigenvalue weighted by Crippen LogP contribution is 2.24. The Morgan fingerprint density at radius 2 is 2.04 bits per heavy atom. The first kappa shape index (κ1) is 20.7. The van der Waals surface area contributed by atoms with E-state index in [0.29, 0.717) is 6.42 Å². The number of sulfonamides is 1. The van der Waals surface area contributed by atoms with Crippen LogP contribution in [0.1, 0.15) is 33.6 Å². The summed E-state index contributed by atoms with van der Waals surface area (Å²) in [6.07, 6.45) is -0.124. The monoisotopic (exact) mass is 404 g/mol. The molecule has 0 radical (unpaired) electrons. The van der Waals surface area contributed by atoms with E-state index in [1.54, 1.807) is 32.2 Å². The van der Waals surface area contributed by atoms with Gasteiger partial charge in [0.15, 0.2) is 0 Å². The minimum absolute atomic E-state index is 0.122. The zero-order valence-corrected chi connectivity index (χ0v) is 16.9. The Bertz CT molecular complexity index is 739. The van der Waals surface area contributed by atoms with Gasteiger partial charge in [-0.1, -0.05) is 6.07 Å². The van der Waals surface area contributed by atoms with Gasteiger partial charge in [0, 0.05) is 12.6 Å². The molecular weight excluding hydrogens is 380 g/mol. The van der Waals surface area contributed by atoms with Crippen LogP contribution in [0.15, 0.2) is 21.7 Å². The summed E-state index contributed by atoms with van der Waals surface area (Å²) in [4.78, 5) is 25.8. The van der Waals surface area contributed by atoms with Crippen molar-refractivity contribution in [1.29, 1.82) is 0 Å². The van der Waals surface area contributed by atoms with Crippen LogP contribution in [0.3, 0.4) is 0 Å². The maximum Gasteiger partial charge on any atom is 0.411 e. The molecule has 0 aromatic carbocycles. The van der Waals surface area contributed by atoms with E-state index >= 15 is 0 Å². The number of hydrogen-bond acceptors (Lipinski definition) is 7. The second kappa shape index (κ2) is 7.93. The third kappa shape index (κ3) is 5.18. The first-order chi connectivity index (χ1) is 12.0. The largest absolute Gasteiger partial charge is 0.467 e. The summed E-state index contributed by atoms with van der Waals surface area (Å²) in [6, 6.07) is 1.78. The molecule has 0 saturated carbocycles. The molecular formula is C16H24N2O6S2. The highest BCUT2D eigenvalue weighted by Gasteiger charge is 2.40. The summed E-state index contributed by atoms with van der Waals surface area (Å²) in [5, 5.41) is 1.68. The number of amides is 1. The van der Waals surface area contributed by atoms with Crippen molar-refractivity contribution in [1.82, 2.24) is 9.62 Å². The number of piperidine rings is 1. The number of esters is 1. The van der Waals surface area contributed by atoms with Crippen molar-refractivity contribution in [2.45, 2.75) is 55.5 Å². The van der Waals surface area contributed by atoms with Gasteiger partial charge in [-0.05, 0) is 45.1 Å². The lowest BCUT2D eigenvalue weighted by molar-refractivity contribution is -0.148. The second-order valence-corrected chi connectivity index (χ2v) is 9.88. The maximum atomic E-state index is 12.4. The van der Waals surface area contributed by atoms with Crippen LogP contribution in [-0.4, -0.2) is 56.7 Å². The quantitative estimate of drug-likeness (QED) is 0.770. The fourth-order valence-electron chi connectivity index (χ4n) is 2.66. The lowest BCUT2D eigenvalue weighted by Gasteiger charge is -2.38. The Morgan fingerprint density at radius 1 is 1.35 bits per heavy atom. The van der Waals surface area contributed by atoms with Gasteiger partial charge >= 0.3 is 12.1 Å². The van der Waals surface area contributed by atoms with E-state index in [1.165, 1.54) is 18.1 Å². The molecule has 1 aromatic heterocycles. The van der Waals surface area contributed by atoms with Gasteiger partial charge in [-0.3, -0.25) is 4.90 Å². The van der Waals surface area contributed by atoms with Crippen molar-refractivity contribution < 1.29 is 27.5 Å². The Morgan fingerprint density at radius 3 is 2.58 bits per heavy atom. The molecule has 0 bridgehead atoms. The van der Waals surface area contributed by atoms with Crippen molar-refractivity contribution >= 4 is 33.4 Å². The van der Waals surface area contributed by atoms with Crippen molar-refractivity contribution in [3.05, 3.63) is 17.5 Å². The Hall–Kier alpha value is -1.65. The van der Waals surface area contributed by atoms with E-state index in [1.807, 2.05) is 0 Å². The van der Waals surface area contributed by atoms with Crippen molar-refractivity contribution in [2.24, 2.45) is 0 Å². The van der Waals surface area contributed by atoms with Gasteiger partial charge in [0.25, 0.3) is 0 Å². The lowest BCUT2D eigenvalue weighted by atomic mass is 9.98. The molecule has 8 nitrogen and oxygen atoms in total. The zero-order valence-electron chi connectivity index (χ0n) is 15.2. The van der Waals surface area contributed by atoms with Gasteiger partial charge in [-0.15, -0.1) is 11.3 Å². The number of ether oxygens (including phenoxy) is 2. The van der Waals surface area contributed by atoms with Crippen molar-refractivity contribution in [2.75, 3.05) is 13.7 Å². The van der Waals surface area contributed by atoms with Gasteiger partial charge in [0.1, 0.15) is 15.9 Å². The molecule has 1 saturated heterocycles. The smallest absolute Gasteiger partial charge is 0.411 e. The van der Waals surface area contributed by atoms with E-state index in [-0.39, 0.29) is 17.2 Å². The molecule has 2 atom stereocenters. The molecule has 10 heteroatoms. The first-order valence-electron chi connectivity index (χ1n) is 8.17. The normalized spacial score (nSPS) is 21.3. The molecule has 1 aliphatic heterocycles. The van der Waals surface area contributed by atoms with E-state index in [4.69, 9.17) is 9.47 Å². The molecule has 146 valence electrons. The molecule has 1 N–H and O–H groups in total. The topological polar surface area (TPSA) is 102 Å². The summed E-state index contributed by atoms with van der Waals surface area (Å²) in [7, 11) is -2.43. The minimum Gasteiger partial charge on any atom is -0.467 e. The molecule has 2 rings (SSSR count). The van der Waals surface area contributed by atoms with E-state index < -0.39 is 39.8 Å². The maximum absolute atomic E-state index is 12.4. The third-order valence-corrected chi connectivity index (χ3v) is 6.70. The molecule has 0 spiro atoms. The predicted octanol–water partition coefficient (Wildman–Crippen LogP) is 1.97. The molecule has 1 aromatic rings.